The first-order chi connectivity index (χ1) is 14.6. The fourth-order valence-electron chi connectivity index (χ4n) is 5.95. The Labute approximate surface area is 181 Å². The van der Waals surface area contributed by atoms with Crippen LogP contribution in [-0.2, 0) is 6.42 Å². The number of halogens is 3. The van der Waals surface area contributed by atoms with Crippen molar-refractivity contribution in [2.75, 3.05) is 0 Å². The average molecular weight is 424 g/mol. The van der Waals surface area contributed by atoms with Crippen molar-refractivity contribution in [3.8, 4) is 0 Å². The Kier molecular flexibility index (Phi) is 9.52. The zero-order valence-electron chi connectivity index (χ0n) is 18.8. The standard InChI is InChI=1S/C26H40F3N/c1-2-3-4-5-6-7-19-8-13-21(14-9-19)22-15-10-20(11-16-22)12-17-23-18-24(27)26(29)30-25(23)28/h18-22H,2-17H2,1H3/t19-,20-,21-,22-. The van der Waals surface area contributed by atoms with Crippen LogP contribution in [0.2, 0.25) is 0 Å². The molecule has 0 unspecified atom stereocenters. The van der Waals surface area contributed by atoms with E-state index in [-0.39, 0.29) is 5.56 Å². The molecule has 1 heterocycles. The van der Waals surface area contributed by atoms with Gasteiger partial charge in [-0.3, -0.25) is 0 Å². The molecule has 0 radical (unpaired) electrons. The summed E-state index contributed by atoms with van der Waals surface area (Å²) < 4.78 is 40.0. The highest BCUT2D eigenvalue weighted by Gasteiger charge is 2.30. The lowest BCUT2D eigenvalue weighted by atomic mass is 9.68. The molecule has 2 fully saturated rings. The molecule has 0 atom stereocenters. The third-order valence-corrected chi connectivity index (χ3v) is 7.95. The Morgan fingerprint density at radius 3 is 1.90 bits per heavy atom. The lowest BCUT2D eigenvalue weighted by Crippen LogP contribution is -2.26. The Balaban J connectivity index is 1.32. The molecular formula is C26H40F3N. The Bertz CT molecular complexity index is 631. The predicted octanol–water partition coefficient (Wildman–Crippen LogP) is 8.40. The smallest absolute Gasteiger partial charge is 0.202 e. The zero-order chi connectivity index (χ0) is 21.3. The monoisotopic (exact) mass is 423 g/mol. The van der Waals surface area contributed by atoms with Crippen molar-refractivity contribution in [2.24, 2.45) is 23.7 Å². The molecule has 1 aromatic heterocycles. The molecule has 0 amide bonds. The van der Waals surface area contributed by atoms with Crippen LogP contribution in [0.15, 0.2) is 6.07 Å². The van der Waals surface area contributed by atoms with Crippen LogP contribution in [0.1, 0.15) is 109 Å². The molecule has 2 saturated carbocycles. The summed E-state index contributed by atoms with van der Waals surface area (Å²) in [6, 6.07) is 0.978. The first-order valence-corrected chi connectivity index (χ1v) is 12.6. The predicted molar refractivity (Wildman–Crippen MR) is 117 cm³/mol. The van der Waals surface area contributed by atoms with Gasteiger partial charge in [-0.25, -0.2) is 4.39 Å². The number of rotatable bonds is 10. The van der Waals surface area contributed by atoms with Crippen LogP contribution in [-0.4, -0.2) is 4.98 Å². The van der Waals surface area contributed by atoms with E-state index in [4.69, 9.17) is 0 Å². The molecule has 2 aliphatic carbocycles. The average Bonchev–Trinajstić information content (AvgIpc) is 2.76. The van der Waals surface area contributed by atoms with Crippen LogP contribution in [0, 0.1) is 41.4 Å². The summed E-state index contributed by atoms with van der Waals surface area (Å²) in [5.41, 5.74) is 0.212. The van der Waals surface area contributed by atoms with Gasteiger partial charge < -0.3 is 0 Å². The van der Waals surface area contributed by atoms with Crippen molar-refractivity contribution in [1.82, 2.24) is 4.98 Å². The van der Waals surface area contributed by atoms with Gasteiger partial charge in [0.25, 0.3) is 5.95 Å². The van der Waals surface area contributed by atoms with Gasteiger partial charge in [0.05, 0.1) is 0 Å². The van der Waals surface area contributed by atoms with Crippen molar-refractivity contribution in [2.45, 2.75) is 110 Å². The number of pyridine rings is 1. The molecule has 2 aliphatic rings. The highest BCUT2D eigenvalue weighted by atomic mass is 19.2. The Morgan fingerprint density at radius 1 is 0.733 bits per heavy atom. The lowest BCUT2D eigenvalue weighted by molar-refractivity contribution is 0.140. The van der Waals surface area contributed by atoms with E-state index in [0.717, 1.165) is 30.2 Å². The second kappa shape index (κ2) is 12.1. The lowest BCUT2D eigenvalue weighted by Gasteiger charge is -2.38. The molecule has 0 saturated heterocycles. The summed E-state index contributed by atoms with van der Waals surface area (Å²) in [6.07, 6.45) is 20.4. The maximum absolute atomic E-state index is 13.7. The first kappa shape index (κ1) is 23.6. The molecular weight excluding hydrogens is 383 g/mol. The third kappa shape index (κ3) is 6.99. The van der Waals surface area contributed by atoms with Gasteiger partial charge in [-0.05, 0) is 68.3 Å². The molecule has 1 aromatic rings. The van der Waals surface area contributed by atoms with E-state index in [2.05, 4.69) is 11.9 Å². The van der Waals surface area contributed by atoms with E-state index in [9.17, 15) is 13.2 Å². The van der Waals surface area contributed by atoms with Gasteiger partial charge in [0, 0.05) is 5.56 Å². The van der Waals surface area contributed by atoms with Gasteiger partial charge >= 0.3 is 0 Å². The van der Waals surface area contributed by atoms with E-state index >= 15 is 0 Å². The minimum atomic E-state index is -1.34. The number of hydrogen-bond donors (Lipinski definition) is 0. The molecule has 30 heavy (non-hydrogen) atoms. The highest BCUT2D eigenvalue weighted by Crippen LogP contribution is 2.43. The second-order valence-electron chi connectivity index (χ2n) is 10.0. The molecule has 0 aromatic carbocycles. The quantitative estimate of drug-likeness (QED) is 0.272. The maximum atomic E-state index is 13.7. The summed E-state index contributed by atoms with van der Waals surface area (Å²) in [6.45, 7) is 2.28. The minimum Gasteiger partial charge on any atom is -0.202 e. The summed E-state index contributed by atoms with van der Waals surface area (Å²) in [4.78, 5) is 3.04. The van der Waals surface area contributed by atoms with Crippen LogP contribution in [0.4, 0.5) is 13.2 Å². The van der Waals surface area contributed by atoms with E-state index in [0.29, 0.717) is 12.3 Å². The fourth-order valence-corrected chi connectivity index (χ4v) is 5.95. The van der Waals surface area contributed by atoms with Gasteiger partial charge in [-0.1, -0.05) is 71.1 Å². The second-order valence-corrected chi connectivity index (χ2v) is 10.0. The van der Waals surface area contributed by atoms with E-state index in [1.807, 2.05) is 0 Å². The topological polar surface area (TPSA) is 12.9 Å². The van der Waals surface area contributed by atoms with Gasteiger partial charge in [0.1, 0.15) is 0 Å². The van der Waals surface area contributed by atoms with E-state index in [1.54, 1.807) is 0 Å². The number of unbranched alkanes of at least 4 members (excludes halogenated alkanes) is 4. The summed E-state index contributed by atoms with van der Waals surface area (Å²) >= 11 is 0. The number of aromatic nitrogens is 1. The largest absolute Gasteiger partial charge is 0.251 e. The molecule has 170 valence electrons. The maximum Gasteiger partial charge on any atom is 0.251 e. The number of hydrogen-bond acceptors (Lipinski definition) is 1. The highest BCUT2D eigenvalue weighted by molar-refractivity contribution is 5.13. The summed E-state index contributed by atoms with van der Waals surface area (Å²) in [7, 11) is 0. The zero-order valence-corrected chi connectivity index (χ0v) is 18.8. The number of nitrogens with zero attached hydrogens (tertiary/aromatic N) is 1. The molecule has 1 nitrogen and oxygen atoms in total. The van der Waals surface area contributed by atoms with E-state index < -0.39 is 17.7 Å². The first-order valence-electron chi connectivity index (χ1n) is 12.6. The van der Waals surface area contributed by atoms with Crippen LogP contribution >= 0.6 is 0 Å². The van der Waals surface area contributed by atoms with Crippen LogP contribution in [0.3, 0.4) is 0 Å². The van der Waals surface area contributed by atoms with Crippen molar-refractivity contribution >= 4 is 0 Å². The fraction of sp³-hybridized carbons (Fsp3) is 0.808. The third-order valence-electron chi connectivity index (χ3n) is 7.95. The molecule has 0 bridgehead atoms. The van der Waals surface area contributed by atoms with Crippen molar-refractivity contribution in [1.29, 1.82) is 0 Å². The van der Waals surface area contributed by atoms with Crippen LogP contribution in [0.25, 0.3) is 0 Å². The summed E-state index contributed by atoms with van der Waals surface area (Å²) in [5.74, 6) is 0.0787. The van der Waals surface area contributed by atoms with Gasteiger partial charge in [0.15, 0.2) is 5.82 Å². The number of aryl methyl sites for hydroxylation is 1. The van der Waals surface area contributed by atoms with Gasteiger partial charge in [0.2, 0.25) is 5.95 Å². The molecule has 0 spiro atoms. The molecule has 0 N–H and O–H groups in total. The summed E-state index contributed by atoms with van der Waals surface area (Å²) in [5, 5.41) is 0. The molecule has 0 aliphatic heterocycles. The van der Waals surface area contributed by atoms with Gasteiger partial charge in [-0.15, -0.1) is 0 Å². The van der Waals surface area contributed by atoms with E-state index in [1.165, 1.54) is 89.9 Å². The normalized spacial score (nSPS) is 27.3. The van der Waals surface area contributed by atoms with Crippen LogP contribution in [0.5, 0.6) is 0 Å². The Morgan fingerprint density at radius 2 is 1.30 bits per heavy atom. The Hall–Kier alpha value is -1.06. The molecule has 3 rings (SSSR count). The van der Waals surface area contributed by atoms with Crippen molar-refractivity contribution < 1.29 is 13.2 Å². The minimum absolute atomic E-state index is 0.212. The van der Waals surface area contributed by atoms with Crippen molar-refractivity contribution in [3.05, 3.63) is 29.3 Å². The van der Waals surface area contributed by atoms with Crippen LogP contribution < -0.4 is 0 Å². The SMILES string of the molecule is CCCCCCC[C@H]1CC[C@H]([C@H]2CC[C@H](CCc3cc(F)c(F)nc3F)CC2)CC1. The molecule has 4 heteroatoms. The van der Waals surface area contributed by atoms with Crippen molar-refractivity contribution in [3.63, 3.8) is 0 Å². The van der Waals surface area contributed by atoms with Gasteiger partial charge in [-0.2, -0.15) is 13.8 Å².